The van der Waals surface area contributed by atoms with Gasteiger partial charge in [0.15, 0.2) is 0 Å². The molecule has 1 aliphatic heterocycles. The molecular formula is C21H29NO4. The molecular weight excluding hydrogens is 330 g/mol. The molecule has 0 aliphatic carbocycles. The third-order valence-electron chi connectivity index (χ3n) is 4.95. The zero-order valence-corrected chi connectivity index (χ0v) is 15.6. The number of aromatic carboxylic acids is 1. The van der Waals surface area contributed by atoms with Gasteiger partial charge in [-0.2, -0.15) is 0 Å². The van der Waals surface area contributed by atoms with E-state index in [0.29, 0.717) is 12.1 Å². The fourth-order valence-electron chi connectivity index (χ4n) is 3.38. The first-order chi connectivity index (χ1) is 12.6. The summed E-state index contributed by atoms with van der Waals surface area (Å²) in [5.41, 5.74) is 0.555. The molecule has 142 valence electrons. The van der Waals surface area contributed by atoms with Crippen LogP contribution in [0.5, 0.6) is 0 Å². The van der Waals surface area contributed by atoms with Crippen LogP contribution in [0.15, 0.2) is 18.2 Å². The van der Waals surface area contributed by atoms with Gasteiger partial charge in [0.1, 0.15) is 0 Å². The lowest BCUT2D eigenvalue weighted by molar-refractivity contribution is 0.0649. The van der Waals surface area contributed by atoms with E-state index in [-0.39, 0.29) is 22.9 Å². The summed E-state index contributed by atoms with van der Waals surface area (Å²) in [6.45, 7) is 2.63. The van der Waals surface area contributed by atoms with Crippen molar-refractivity contribution in [1.82, 2.24) is 4.90 Å². The van der Waals surface area contributed by atoms with Gasteiger partial charge in [-0.25, -0.2) is 4.79 Å². The average molecular weight is 359 g/mol. The number of carboxylic acid groups (broad SMARTS) is 1. The summed E-state index contributed by atoms with van der Waals surface area (Å²) in [4.78, 5) is 37.0. The number of rotatable bonds is 12. The number of imide groups is 1. The first-order valence-electron chi connectivity index (χ1n) is 9.79. The summed E-state index contributed by atoms with van der Waals surface area (Å²) in [5, 5.41) is 9.03. The van der Waals surface area contributed by atoms with Crippen LogP contribution < -0.4 is 0 Å². The lowest BCUT2D eigenvalue weighted by Crippen LogP contribution is -2.30. The standard InChI is InChI=1S/C21H29NO4/c1-2-3-4-5-6-7-8-9-10-11-14-22-19(23)17-13-12-16(21(25)26)15-18(17)20(22)24/h12-13,15H,2-11,14H2,1H3,(H,25,26). The van der Waals surface area contributed by atoms with Gasteiger partial charge in [-0.05, 0) is 24.6 Å². The Morgan fingerprint density at radius 1 is 0.846 bits per heavy atom. The van der Waals surface area contributed by atoms with Crippen molar-refractivity contribution in [2.45, 2.75) is 71.1 Å². The van der Waals surface area contributed by atoms with E-state index < -0.39 is 5.97 Å². The molecule has 0 saturated carbocycles. The van der Waals surface area contributed by atoms with E-state index >= 15 is 0 Å². The molecule has 1 aliphatic rings. The molecule has 2 rings (SSSR count). The number of carbonyl (C=O) groups excluding carboxylic acids is 2. The Morgan fingerprint density at radius 2 is 1.38 bits per heavy atom. The number of carbonyl (C=O) groups is 3. The molecule has 1 aromatic carbocycles. The second-order valence-electron chi connectivity index (χ2n) is 7.01. The van der Waals surface area contributed by atoms with Crippen molar-refractivity contribution in [3.8, 4) is 0 Å². The molecule has 0 fully saturated rings. The molecule has 2 amide bonds. The predicted octanol–water partition coefficient (Wildman–Crippen LogP) is 4.90. The zero-order chi connectivity index (χ0) is 18.9. The minimum absolute atomic E-state index is 0.0330. The molecule has 0 radical (unpaired) electrons. The average Bonchev–Trinajstić information content (AvgIpc) is 2.87. The fourth-order valence-corrected chi connectivity index (χ4v) is 3.38. The normalized spacial score (nSPS) is 13.3. The summed E-state index contributed by atoms with van der Waals surface area (Å²) in [6.07, 6.45) is 11.9. The van der Waals surface area contributed by atoms with Crippen LogP contribution in [0.25, 0.3) is 0 Å². The summed E-state index contributed by atoms with van der Waals surface area (Å²) in [7, 11) is 0. The van der Waals surface area contributed by atoms with E-state index in [1.54, 1.807) is 0 Å². The van der Waals surface area contributed by atoms with Gasteiger partial charge in [0.2, 0.25) is 0 Å². The van der Waals surface area contributed by atoms with Crippen molar-refractivity contribution >= 4 is 17.8 Å². The number of benzene rings is 1. The first-order valence-corrected chi connectivity index (χ1v) is 9.79. The molecule has 0 aromatic heterocycles. The topological polar surface area (TPSA) is 74.7 Å². The van der Waals surface area contributed by atoms with Crippen LogP contribution >= 0.6 is 0 Å². The maximum Gasteiger partial charge on any atom is 0.335 e. The van der Waals surface area contributed by atoms with Gasteiger partial charge in [-0.3, -0.25) is 14.5 Å². The highest BCUT2D eigenvalue weighted by Crippen LogP contribution is 2.24. The van der Waals surface area contributed by atoms with Gasteiger partial charge in [0.25, 0.3) is 11.8 Å². The maximum absolute atomic E-state index is 12.4. The number of carboxylic acids is 1. The number of amides is 2. The first kappa shape index (κ1) is 20.1. The van der Waals surface area contributed by atoms with Gasteiger partial charge in [0, 0.05) is 6.54 Å². The molecule has 26 heavy (non-hydrogen) atoms. The van der Waals surface area contributed by atoms with E-state index in [2.05, 4.69) is 6.92 Å². The van der Waals surface area contributed by atoms with Gasteiger partial charge < -0.3 is 5.11 Å². The molecule has 0 unspecified atom stereocenters. The summed E-state index contributed by atoms with van der Waals surface area (Å²) in [5.74, 6) is -1.77. The van der Waals surface area contributed by atoms with E-state index in [0.717, 1.165) is 19.3 Å². The van der Waals surface area contributed by atoms with Gasteiger partial charge >= 0.3 is 5.97 Å². The second-order valence-corrected chi connectivity index (χ2v) is 7.01. The summed E-state index contributed by atoms with van der Waals surface area (Å²) >= 11 is 0. The number of unbranched alkanes of at least 4 members (excludes halogenated alkanes) is 9. The molecule has 1 heterocycles. The van der Waals surface area contributed by atoms with Crippen molar-refractivity contribution in [2.24, 2.45) is 0 Å². The van der Waals surface area contributed by atoms with E-state index in [1.807, 2.05) is 0 Å². The maximum atomic E-state index is 12.4. The quantitative estimate of drug-likeness (QED) is 0.425. The van der Waals surface area contributed by atoms with Crippen molar-refractivity contribution < 1.29 is 19.5 Å². The third kappa shape index (κ3) is 5.16. The van der Waals surface area contributed by atoms with Crippen LogP contribution in [0.2, 0.25) is 0 Å². The van der Waals surface area contributed by atoms with Crippen molar-refractivity contribution in [1.29, 1.82) is 0 Å². The smallest absolute Gasteiger partial charge is 0.335 e. The Balaban J connectivity index is 1.70. The highest BCUT2D eigenvalue weighted by Gasteiger charge is 2.35. The molecule has 0 atom stereocenters. The molecule has 0 saturated heterocycles. The lowest BCUT2D eigenvalue weighted by Gasteiger charge is -2.13. The van der Waals surface area contributed by atoms with Crippen molar-refractivity contribution in [3.05, 3.63) is 34.9 Å². The van der Waals surface area contributed by atoms with E-state index in [1.165, 1.54) is 68.0 Å². The highest BCUT2D eigenvalue weighted by molar-refractivity contribution is 6.21. The van der Waals surface area contributed by atoms with Crippen LogP contribution in [-0.2, 0) is 0 Å². The fraction of sp³-hybridized carbons (Fsp3) is 0.571. The Kier molecular flexibility index (Phi) is 7.82. The van der Waals surface area contributed by atoms with E-state index in [4.69, 9.17) is 5.11 Å². The molecule has 5 nitrogen and oxygen atoms in total. The number of hydrogen-bond donors (Lipinski definition) is 1. The van der Waals surface area contributed by atoms with Crippen LogP contribution in [-0.4, -0.2) is 34.3 Å². The van der Waals surface area contributed by atoms with E-state index in [9.17, 15) is 14.4 Å². The third-order valence-corrected chi connectivity index (χ3v) is 4.95. The second kappa shape index (κ2) is 10.1. The van der Waals surface area contributed by atoms with Gasteiger partial charge in [-0.1, -0.05) is 64.7 Å². The van der Waals surface area contributed by atoms with Crippen LogP contribution in [0.4, 0.5) is 0 Å². The Labute approximate surface area is 155 Å². The minimum atomic E-state index is -1.10. The Morgan fingerprint density at radius 3 is 1.96 bits per heavy atom. The van der Waals surface area contributed by atoms with Gasteiger partial charge in [-0.15, -0.1) is 0 Å². The Bertz CT molecular complexity index is 653. The number of fused-ring (bicyclic) bond motifs is 1. The van der Waals surface area contributed by atoms with Crippen LogP contribution in [0, 0.1) is 0 Å². The minimum Gasteiger partial charge on any atom is -0.478 e. The van der Waals surface area contributed by atoms with Gasteiger partial charge in [0.05, 0.1) is 16.7 Å². The summed E-state index contributed by atoms with van der Waals surface area (Å²) in [6, 6.07) is 4.12. The molecule has 5 heteroatoms. The molecule has 1 aromatic rings. The van der Waals surface area contributed by atoms with Crippen LogP contribution in [0.1, 0.15) is 102 Å². The van der Waals surface area contributed by atoms with Crippen molar-refractivity contribution in [3.63, 3.8) is 0 Å². The zero-order valence-electron chi connectivity index (χ0n) is 15.6. The predicted molar refractivity (Wildman–Crippen MR) is 101 cm³/mol. The van der Waals surface area contributed by atoms with Crippen molar-refractivity contribution in [2.75, 3.05) is 6.54 Å². The monoisotopic (exact) mass is 359 g/mol. The lowest BCUT2D eigenvalue weighted by atomic mass is 10.1. The molecule has 0 bridgehead atoms. The number of hydrogen-bond acceptors (Lipinski definition) is 3. The largest absolute Gasteiger partial charge is 0.478 e. The molecule has 0 spiro atoms. The highest BCUT2D eigenvalue weighted by atomic mass is 16.4. The SMILES string of the molecule is CCCCCCCCCCCCN1C(=O)c2ccc(C(=O)O)cc2C1=O. The molecule has 1 N–H and O–H groups in total. The number of nitrogens with zero attached hydrogens (tertiary/aromatic N) is 1. The van der Waals surface area contributed by atoms with Crippen LogP contribution in [0.3, 0.4) is 0 Å². The Hall–Kier alpha value is -2.17. The summed E-state index contributed by atoms with van der Waals surface area (Å²) < 4.78 is 0.